The molecule has 0 saturated carbocycles. The third kappa shape index (κ3) is 1.35. The molecule has 1 amide bonds. The number of likely N-dealkylation sites (tertiary alicyclic amines) is 1. The molecule has 0 aromatic heterocycles. The van der Waals surface area contributed by atoms with Gasteiger partial charge < -0.3 is 4.90 Å². The van der Waals surface area contributed by atoms with Crippen molar-refractivity contribution >= 4 is 5.91 Å². The lowest BCUT2D eigenvalue weighted by atomic mass is 10.0. The summed E-state index contributed by atoms with van der Waals surface area (Å²) in [7, 11) is 0. The Bertz CT molecular complexity index is 161. The van der Waals surface area contributed by atoms with Gasteiger partial charge in [-0.15, -0.1) is 0 Å². The molecule has 0 radical (unpaired) electrons. The third-order valence-electron chi connectivity index (χ3n) is 1.70. The maximum Gasteiger partial charge on any atom is 0.219 e. The van der Waals surface area contributed by atoms with Crippen molar-refractivity contribution < 1.29 is 9.18 Å². The Kier molecular flexibility index (Phi) is 2.04. The normalized spacial score (nSPS) is 19.6. The van der Waals surface area contributed by atoms with Crippen molar-refractivity contribution in [2.24, 2.45) is 5.92 Å². The first-order valence-corrected chi connectivity index (χ1v) is 3.26. The summed E-state index contributed by atoms with van der Waals surface area (Å²) in [6.07, 6.45) is 2.03. The van der Waals surface area contributed by atoms with Crippen LogP contribution in [0.5, 0.6) is 0 Å². The van der Waals surface area contributed by atoms with Crippen LogP contribution in [0, 0.1) is 5.92 Å². The van der Waals surface area contributed by atoms with Crippen molar-refractivity contribution in [1.82, 2.24) is 4.90 Å². The standard InChI is InChI=1S/C7H10FNO/c1-6(10)9-4-7(5-9)2-3-8/h2-3,7H,4-5H2,1H3/b3-2-. The molecule has 1 saturated heterocycles. The molecule has 10 heavy (non-hydrogen) atoms. The van der Waals surface area contributed by atoms with Crippen molar-refractivity contribution in [3.63, 3.8) is 0 Å². The van der Waals surface area contributed by atoms with E-state index in [1.165, 1.54) is 13.0 Å². The van der Waals surface area contributed by atoms with Gasteiger partial charge in [-0.2, -0.15) is 0 Å². The van der Waals surface area contributed by atoms with Gasteiger partial charge in [-0.25, -0.2) is 4.39 Å². The lowest BCUT2D eigenvalue weighted by molar-refractivity contribution is -0.133. The molecule has 2 nitrogen and oxygen atoms in total. The highest BCUT2D eigenvalue weighted by molar-refractivity contribution is 5.74. The zero-order valence-electron chi connectivity index (χ0n) is 5.88. The summed E-state index contributed by atoms with van der Waals surface area (Å²) in [6, 6.07) is 0. The minimum Gasteiger partial charge on any atom is -0.342 e. The third-order valence-corrected chi connectivity index (χ3v) is 1.70. The van der Waals surface area contributed by atoms with Crippen LogP contribution in [0.3, 0.4) is 0 Å². The Hall–Kier alpha value is -0.860. The summed E-state index contributed by atoms with van der Waals surface area (Å²) < 4.78 is 11.5. The van der Waals surface area contributed by atoms with Crippen molar-refractivity contribution in [2.45, 2.75) is 6.92 Å². The number of halogens is 1. The van der Waals surface area contributed by atoms with Gasteiger partial charge in [0.25, 0.3) is 0 Å². The van der Waals surface area contributed by atoms with E-state index in [2.05, 4.69) is 0 Å². The van der Waals surface area contributed by atoms with Gasteiger partial charge in [0.15, 0.2) is 0 Å². The number of hydrogen-bond donors (Lipinski definition) is 0. The van der Waals surface area contributed by atoms with E-state index < -0.39 is 0 Å². The van der Waals surface area contributed by atoms with Crippen molar-refractivity contribution in [1.29, 1.82) is 0 Å². The topological polar surface area (TPSA) is 20.3 Å². The molecule has 0 aliphatic carbocycles. The molecule has 0 N–H and O–H groups in total. The van der Waals surface area contributed by atoms with Gasteiger partial charge in [0, 0.05) is 25.9 Å². The second-order valence-electron chi connectivity index (χ2n) is 2.50. The lowest BCUT2D eigenvalue weighted by Crippen LogP contribution is -2.48. The van der Waals surface area contributed by atoms with E-state index in [4.69, 9.17) is 0 Å². The highest BCUT2D eigenvalue weighted by atomic mass is 19.1. The maximum atomic E-state index is 11.5. The van der Waals surface area contributed by atoms with Crippen LogP contribution in [0.1, 0.15) is 6.92 Å². The van der Waals surface area contributed by atoms with Gasteiger partial charge in [-0.05, 0) is 6.08 Å². The quantitative estimate of drug-likeness (QED) is 0.535. The van der Waals surface area contributed by atoms with Gasteiger partial charge in [-0.3, -0.25) is 4.79 Å². The summed E-state index contributed by atoms with van der Waals surface area (Å²) in [5.41, 5.74) is 0. The molecule has 1 fully saturated rings. The number of amides is 1. The molecule has 3 heteroatoms. The van der Waals surface area contributed by atoms with Gasteiger partial charge in [0.05, 0.1) is 6.33 Å². The van der Waals surface area contributed by atoms with Crippen LogP contribution >= 0.6 is 0 Å². The highest BCUT2D eigenvalue weighted by Crippen LogP contribution is 2.16. The van der Waals surface area contributed by atoms with Crippen molar-refractivity contribution in [2.75, 3.05) is 13.1 Å². The Morgan fingerprint density at radius 1 is 1.70 bits per heavy atom. The van der Waals surface area contributed by atoms with E-state index >= 15 is 0 Å². The molecular formula is C7H10FNO. The van der Waals surface area contributed by atoms with Gasteiger partial charge in [0.1, 0.15) is 0 Å². The van der Waals surface area contributed by atoms with Crippen LogP contribution in [0.2, 0.25) is 0 Å². The molecule has 1 heterocycles. The number of hydrogen-bond acceptors (Lipinski definition) is 1. The predicted octanol–water partition coefficient (Wildman–Crippen LogP) is 0.948. The second-order valence-corrected chi connectivity index (χ2v) is 2.50. The fraction of sp³-hybridized carbons (Fsp3) is 0.571. The average Bonchev–Trinajstić information content (AvgIpc) is 1.76. The molecule has 0 atom stereocenters. The molecule has 1 aliphatic heterocycles. The minimum absolute atomic E-state index is 0.0727. The van der Waals surface area contributed by atoms with E-state index in [0.717, 1.165) is 0 Å². The maximum absolute atomic E-state index is 11.5. The van der Waals surface area contributed by atoms with E-state index in [1.807, 2.05) is 0 Å². The molecule has 0 spiro atoms. The van der Waals surface area contributed by atoms with Crippen LogP contribution in [0.25, 0.3) is 0 Å². The van der Waals surface area contributed by atoms with Crippen LogP contribution in [0.4, 0.5) is 4.39 Å². The van der Waals surface area contributed by atoms with E-state index in [0.29, 0.717) is 19.4 Å². The molecule has 1 aliphatic rings. The lowest BCUT2D eigenvalue weighted by Gasteiger charge is -2.36. The Morgan fingerprint density at radius 2 is 2.30 bits per heavy atom. The Balaban J connectivity index is 2.24. The zero-order chi connectivity index (χ0) is 7.56. The first-order valence-electron chi connectivity index (χ1n) is 3.26. The number of rotatable bonds is 1. The smallest absolute Gasteiger partial charge is 0.219 e. The molecule has 1 rings (SSSR count). The summed E-state index contributed by atoms with van der Waals surface area (Å²) in [5, 5.41) is 0. The minimum atomic E-state index is 0.0727. The molecule has 0 unspecified atom stereocenters. The van der Waals surface area contributed by atoms with Crippen molar-refractivity contribution in [3.8, 4) is 0 Å². The fourth-order valence-corrected chi connectivity index (χ4v) is 0.994. The predicted molar refractivity (Wildman–Crippen MR) is 36.0 cm³/mol. The fourth-order valence-electron chi connectivity index (χ4n) is 0.994. The van der Waals surface area contributed by atoms with Crippen molar-refractivity contribution in [3.05, 3.63) is 12.4 Å². The monoisotopic (exact) mass is 143 g/mol. The van der Waals surface area contributed by atoms with E-state index in [1.54, 1.807) is 4.90 Å². The van der Waals surface area contributed by atoms with Crippen LogP contribution in [-0.4, -0.2) is 23.9 Å². The average molecular weight is 143 g/mol. The molecule has 0 bridgehead atoms. The van der Waals surface area contributed by atoms with E-state index in [-0.39, 0.29) is 11.8 Å². The van der Waals surface area contributed by atoms with Gasteiger partial charge in [0.2, 0.25) is 5.91 Å². The summed E-state index contributed by atoms with van der Waals surface area (Å²) in [6.45, 7) is 2.88. The number of nitrogens with zero attached hydrogens (tertiary/aromatic N) is 1. The van der Waals surface area contributed by atoms with Crippen LogP contribution in [-0.2, 0) is 4.79 Å². The SMILES string of the molecule is CC(=O)N1CC(/C=C\F)C1. The van der Waals surface area contributed by atoms with Crippen LogP contribution in [0.15, 0.2) is 12.4 Å². The summed E-state index contributed by atoms with van der Waals surface area (Å²) >= 11 is 0. The summed E-state index contributed by atoms with van der Waals surface area (Å²) in [4.78, 5) is 12.3. The molecule has 56 valence electrons. The number of carbonyl (C=O) groups is 1. The Morgan fingerprint density at radius 3 is 2.70 bits per heavy atom. The Labute approximate surface area is 59.3 Å². The highest BCUT2D eigenvalue weighted by Gasteiger charge is 2.25. The number of carbonyl (C=O) groups excluding carboxylic acids is 1. The second kappa shape index (κ2) is 2.82. The van der Waals surface area contributed by atoms with Crippen LogP contribution < -0.4 is 0 Å². The first kappa shape index (κ1) is 7.25. The molecular weight excluding hydrogens is 133 g/mol. The van der Waals surface area contributed by atoms with E-state index in [9.17, 15) is 9.18 Å². The molecule has 0 aromatic carbocycles. The van der Waals surface area contributed by atoms with Gasteiger partial charge >= 0.3 is 0 Å². The van der Waals surface area contributed by atoms with Gasteiger partial charge in [-0.1, -0.05) is 0 Å². The summed E-state index contributed by atoms with van der Waals surface area (Å²) in [5.74, 6) is 0.317. The molecule has 0 aromatic rings. The zero-order valence-corrected chi connectivity index (χ0v) is 5.88. The first-order chi connectivity index (χ1) is 4.74. The largest absolute Gasteiger partial charge is 0.342 e.